The predicted octanol–water partition coefficient (Wildman–Crippen LogP) is 2.33. The van der Waals surface area contributed by atoms with Crippen LogP contribution in [-0.2, 0) is 0 Å². The van der Waals surface area contributed by atoms with Crippen LogP contribution in [0.1, 0.15) is 53.4 Å². The average molecular weight is 188 g/mol. The molecule has 0 heterocycles. The highest BCUT2D eigenvalue weighted by molar-refractivity contribution is 4.83. The minimum Gasteiger partial charge on any atom is -0.393 e. The van der Waals surface area contributed by atoms with E-state index < -0.39 is 5.60 Å². The second-order valence-corrected chi connectivity index (χ2v) is 4.26. The van der Waals surface area contributed by atoms with E-state index in [0.717, 1.165) is 12.8 Å². The Morgan fingerprint density at radius 1 is 1.23 bits per heavy atom. The normalized spacial score (nSPS) is 18.7. The summed E-state index contributed by atoms with van der Waals surface area (Å²) in [5.74, 6) is 0.212. The topological polar surface area (TPSA) is 40.5 Å². The number of aliphatic hydroxyl groups excluding tert-OH is 1. The lowest BCUT2D eigenvalue weighted by Crippen LogP contribution is -2.38. The van der Waals surface area contributed by atoms with Crippen LogP contribution in [0.15, 0.2) is 0 Å². The standard InChI is InChI=1S/C11H24O2/c1-5-7-10(12)8-11(13,6-2)9(3)4/h9-10,12-13H,5-8H2,1-4H3. The fraction of sp³-hybridized carbons (Fsp3) is 1.00. The summed E-state index contributed by atoms with van der Waals surface area (Å²) in [6.07, 6.45) is 2.63. The molecule has 0 aromatic heterocycles. The van der Waals surface area contributed by atoms with Crippen LogP contribution in [0.5, 0.6) is 0 Å². The summed E-state index contributed by atoms with van der Waals surface area (Å²) in [6.45, 7) is 8.02. The van der Waals surface area contributed by atoms with Crippen LogP contribution in [-0.4, -0.2) is 21.9 Å². The first kappa shape index (κ1) is 12.9. The molecule has 0 aliphatic heterocycles. The van der Waals surface area contributed by atoms with E-state index in [1.165, 1.54) is 0 Å². The predicted molar refractivity (Wildman–Crippen MR) is 55.6 cm³/mol. The van der Waals surface area contributed by atoms with Gasteiger partial charge in [0.2, 0.25) is 0 Å². The largest absolute Gasteiger partial charge is 0.393 e. The van der Waals surface area contributed by atoms with Gasteiger partial charge in [0.25, 0.3) is 0 Å². The quantitative estimate of drug-likeness (QED) is 0.671. The number of rotatable bonds is 6. The molecule has 0 aromatic carbocycles. The third kappa shape index (κ3) is 4.10. The van der Waals surface area contributed by atoms with E-state index in [-0.39, 0.29) is 12.0 Å². The van der Waals surface area contributed by atoms with Gasteiger partial charge in [-0.3, -0.25) is 0 Å². The van der Waals surface area contributed by atoms with Gasteiger partial charge in [-0.05, 0) is 18.8 Å². The summed E-state index contributed by atoms with van der Waals surface area (Å²) in [4.78, 5) is 0. The number of hydrogen-bond donors (Lipinski definition) is 2. The second kappa shape index (κ2) is 5.61. The van der Waals surface area contributed by atoms with E-state index in [9.17, 15) is 10.2 Å². The first-order valence-electron chi connectivity index (χ1n) is 5.36. The molecule has 0 fully saturated rings. The second-order valence-electron chi connectivity index (χ2n) is 4.26. The molecule has 0 radical (unpaired) electrons. The minimum atomic E-state index is -0.686. The Bertz CT molecular complexity index is 134. The Morgan fingerprint density at radius 2 is 1.77 bits per heavy atom. The average Bonchev–Trinajstić information content (AvgIpc) is 2.04. The molecule has 13 heavy (non-hydrogen) atoms. The molecular formula is C11H24O2. The van der Waals surface area contributed by atoms with E-state index in [2.05, 4.69) is 0 Å². The molecule has 0 aliphatic carbocycles. The van der Waals surface area contributed by atoms with Crippen LogP contribution in [0.2, 0.25) is 0 Å². The maximum atomic E-state index is 10.1. The summed E-state index contributed by atoms with van der Waals surface area (Å²) in [5.41, 5.74) is -0.686. The van der Waals surface area contributed by atoms with E-state index in [1.807, 2.05) is 27.7 Å². The van der Waals surface area contributed by atoms with Gasteiger partial charge in [0.05, 0.1) is 11.7 Å². The molecule has 0 rings (SSSR count). The van der Waals surface area contributed by atoms with Gasteiger partial charge in [0.15, 0.2) is 0 Å². The molecule has 2 nitrogen and oxygen atoms in total. The van der Waals surface area contributed by atoms with Crippen molar-refractivity contribution in [3.8, 4) is 0 Å². The van der Waals surface area contributed by atoms with Crippen LogP contribution < -0.4 is 0 Å². The van der Waals surface area contributed by atoms with Gasteiger partial charge in [-0.15, -0.1) is 0 Å². The fourth-order valence-electron chi connectivity index (χ4n) is 1.63. The van der Waals surface area contributed by atoms with Gasteiger partial charge in [-0.1, -0.05) is 34.1 Å². The van der Waals surface area contributed by atoms with Crippen molar-refractivity contribution in [1.29, 1.82) is 0 Å². The van der Waals surface area contributed by atoms with Crippen LogP contribution in [0, 0.1) is 5.92 Å². The van der Waals surface area contributed by atoms with Crippen LogP contribution in [0.25, 0.3) is 0 Å². The summed E-state index contributed by atoms with van der Waals surface area (Å²) >= 11 is 0. The monoisotopic (exact) mass is 188 g/mol. The van der Waals surface area contributed by atoms with Crippen molar-refractivity contribution < 1.29 is 10.2 Å². The van der Waals surface area contributed by atoms with Gasteiger partial charge >= 0.3 is 0 Å². The van der Waals surface area contributed by atoms with Crippen molar-refractivity contribution >= 4 is 0 Å². The molecule has 2 atom stereocenters. The Balaban J connectivity index is 4.10. The van der Waals surface area contributed by atoms with E-state index >= 15 is 0 Å². The molecule has 2 unspecified atom stereocenters. The summed E-state index contributed by atoms with van der Waals surface area (Å²) in [7, 11) is 0. The third-order valence-corrected chi connectivity index (χ3v) is 2.90. The maximum Gasteiger partial charge on any atom is 0.0692 e. The highest BCUT2D eigenvalue weighted by Gasteiger charge is 2.30. The van der Waals surface area contributed by atoms with Gasteiger partial charge in [0.1, 0.15) is 0 Å². The van der Waals surface area contributed by atoms with Crippen LogP contribution >= 0.6 is 0 Å². The highest BCUT2D eigenvalue weighted by Crippen LogP contribution is 2.27. The SMILES string of the molecule is CCCC(O)CC(O)(CC)C(C)C. The summed E-state index contributed by atoms with van der Waals surface area (Å²) in [5, 5.41) is 19.7. The van der Waals surface area contributed by atoms with Gasteiger partial charge in [-0.2, -0.15) is 0 Å². The molecule has 0 aliphatic rings. The van der Waals surface area contributed by atoms with Crippen LogP contribution in [0.3, 0.4) is 0 Å². The zero-order valence-corrected chi connectivity index (χ0v) is 9.38. The molecule has 0 saturated heterocycles. The molecule has 0 amide bonds. The molecule has 0 saturated carbocycles. The van der Waals surface area contributed by atoms with E-state index in [1.54, 1.807) is 0 Å². The van der Waals surface area contributed by atoms with Crippen molar-refractivity contribution in [2.75, 3.05) is 0 Å². The first-order valence-corrected chi connectivity index (χ1v) is 5.36. The van der Waals surface area contributed by atoms with E-state index in [0.29, 0.717) is 12.8 Å². The molecule has 80 valence electrons. The van der Waals surface area contributed by atoms with Crippen molar-refractivity contribution in [2.24, 2.45) is 5.92 Å². The van der Waals surface area contributed by atoms with Crippen LogP contribution in [0.4, 0.5) is 0 Å². The minimum absolute atomic E-state index is 0.212. The molecule has 0 spiro atoms. The molecule has 0 aromatic rings. The maximum absolute atomic E-state index is 10.1. The first-order chi connectivity index (χ1) is 5.96. The zero-order valence-electron chi connectivity index (χ0n) is 9.38. The van der Waals surface area contributed by atoms with Gasteiger partial charge < -0.3 is 10.2 Å². The van der Waals surface area contributed by atoms with E-state index in [4.69, 9.17) is 0 Å². The smallest absolute Gasteiger partial charge is 0.0692 e. The highest BCUT2D eigenvalue weighted by atomic mass is 16.3. The molecule has 0 bridgehead atoms. The number of hydrogen-bond acceptors (Lipinski definition) is 2. The lowest BCUT2D eigenvalue weighted by Gasteiger charge is -2.33. The summed E-state index contributed by atoms with van der Waals surface area (Å²) in [6, 6.07) is 0. The lowest BCUT2D eigenvalue weighted by atomic mass is 9.82. The zero-order chi connectivity index (χ0) is 10.5. The molecule has 2 heteroatoms. The lowest BCUT2D eigenvalue weighted by molar-refractivity contribution is -0.0502. The molecular weight excluding hydrogens is 164 g/mol. The van der Waals surface area contributed by atoms with Crippen molar-refractivity contribution in [1.82, 2.24) is 0 Å². The van der Waals surface area contributed by atoms with Crippen molar-refractivity contribution in [3.05, 3.63) is 0 Å². The summed E-state index contributed by atoms with van der Waals surface area (Å²) < 4.78 is 0. The Hall–Kier alpha value is -0.0800. The Morgan fingerprint density at radius 3 is 2.08 bits per heavy atom. The van der Waals surface area contributed by atoms with Gasteiger partial charge in [-0.25, -0.2) is 0 Å². The fourth-order valence-corrected chi connectivity index (χ4v) is 1.63. The van der Waals surface area contributed by atoms with Crippen molar-refractivity contribution in [2.45, 2.75) is 65.1 Å². The number of aliphatic hydroxyl groups is 2. The molecule has 2 N–H and O–H groups in total. The van der Waals surface area contributed by atoms with Gasteiger partial charge in [0, 0.05) is 6.42 Å². The van der Waals surface area contributed by atoms with Crippen molar-refractivity contribution in [3.63, 3.8) is 0 Å². The Kier molecular flexibility index (Phi) is 5.57. The Labute approximate surface area is 82.0 Å². The third-order valence-electron chi connectivity index (χ3n) is 2.90.